The van der Waals surface area contributed by atoms with E-state index in [9.17, 15) is 9.59 Å². The molecule has 1 N–H and O–H groups in total. The molecule has 2 amide bonds. The second-order valence-corrected chi connectivity index (χ2v) is 8.45. The Morgan fingerprint density at radius 1 is 1.21 bits per heavy atom. The van der Waals surface area contributed by atoms with Crippen molar-refractivity contribution in [2.24, 2.45) is 0 Å². The first kappa shape index (κ1) is 19.6. The van der Waals surface area contributed by atoms with Crippen LogP contribution < -0.4 is 5.32 Å². The number of rotatable bonds is 4. The lowest BCUT2D eigenvalue weighted by Gasteiger charge is -2.24. The normalized spacial score (nSPS) is 16.1. The van der Waals surface area contributed by atoms with Crippen LogP contribution in [0.1, 0.15) is 50.0 Å². The molecular weight excluding hydrogens is 406 g/mol. The monoisotopic (exact) mass is 425 g/mol. The second kappa shape index (κ2) is 8.35. The molecule has 1 atom stereocenters. The van der Waals surface area contributed by atoms with Crippen LogP contribution in [0.4, 0.5) is 5.00 Å². The highest BCUT2D eigenvalue weighted by Gasteiger charge is 2.32. The molecule has 29 heavy (non-hydrogen) atoms. The van der Waals surface area contributed by atoms with Gasteiger partial charge in [0.1, 0.15) is 0 Å². The van der Waals surface area contributed by atoms with Gasteiger partial charge < -0.3 is 10.2 Å². The van der Waals surface area contributed by atoms with Gasteiger partial charge in [-0.15, -0.1) is 11.3 Å². The second-order valence-electron chi connectivity index (χ2n) is 6.99. The van der Waals surface area contributed by atoms with Crippen molar-refractivity contribution in [2.75, 3.05) is 11.9 Å². The highest BCUT2D eigenvalue weighted by molar-refractivity contribution is 7.18. The largest absolute Gasteiger partial charge is 0.331 e. The number of hydrogen-bond donors (Lipinski definition) is 1. The minimum Gasteiger partial charge on any atom is -0.331 e. The summed E-state index contributed by atoms with van der Waals surface area (Å²) in [5, 5.41) is 3.89. The number of carbonyl (C=O) groups excluding carboxylic acids is 2. The van der Waals surface area contributed by atoms with Gasteiger partial charge in [0.25, 0.3) is 11.8 Å². The topological polar surface area (TPSA) is 62.3 Å². The molecule has 0 radical (unpaired) electrons. The van der Waals surface area contributed by atoms with Crippen LogP contribution in [0.3, 0.4) is 0 Å². The van der Waals surface area contributed by atoms with Gasteiger partial charge in [0.05, 0.1) is 26.5 Å². The molecule has 5 nitrogen and oxygen atoms in total. The summed E-state index contributed by atoms with van der Waals surface area (Å²) < 4.78 is 0. The molecule has 3 heterocycles. The number of aromatic nitrogens is 1. The van der Waals surface area contributed by atoms with Crippen molar-refractivity contribution in [1.29, 1.82) is 0 Å². The third kappa shape index (κ3) is 4.04. The quantitative estimate of drug-likeness (QED) is 0.614. The van der Waals surface area contributed by atoms with Crippen molar-refractivity contribution in [1.82, 2.24) is 9.88 Å². The van der Waals surface area contributed by atoms with Gasteiger partial charge in [-0.05, 0) is 61.2 Å². The molecular formula is C22H20ClN3O2S. The van der Waals surface area contributed by atoms with Gasteiger partial charge in [0, 0.05) is 18.9 Å². The third-order valence-corrected chi connectivity index (χ3v) is 6.54. The molecule has 1 fully saturated rings. The van der Waals surface area contributed by atoms with Crippen LogP contribution in [0.15, 0.2) is 54.9 Å². The van der Waals surface area contributed by atoms with E-state index in [2.05, 4.69) is 10.3 Å². The number of pyridine rings is 1. The first-order valence-electron chi connectivity index (χ1n) is 9.42. The van der Waals surface area contributed by atoms with E-state index in [4.69, 9.17) is 11.6 Å². The Bertz CT molecular complexity index is 1050. The number of carbonyl (C=O) groups is 2. The SMILES string of the molecule is Cc1cc(NC(=O)c2ccccc2Cl)sc1C(=O)N1CCC[C@H]1c1ccncc1. The van der Waals surface area contributed by atoms with E-state index < -0.39 is 0 Å². The highest BCUT2D eigenvalue weighted by atomic mass is 35.5. The molecule has 7 heteroatoms. The van der Waals surface area contributed by atoms with Crippen molar-refractivity contribution >= 4 is 39.8 Å². The molecule has 3 aromatic rings. The van der Waals surface area contributed by atoms with Crippen LogP contribution in [0.2, 0.25) is 5.02 Å². The molecule has 0 aliphatic carbocycles. The maximum Gasteiger partial charge on any atom is 0.264 e. The molecule has 148 valence electrons. The summed E-state index contributed by atoms with van der Waals surface area (Å²) in [6, 6.07) is 12.7. The summed E-state index contributed by atoms with van der Waals surface area (Å²) in [7, 11) is 0. The fraction of sp³-hybridized carbons (Fsp3) is 0.227. The minimum absolute atomic E-state index is 0.00468. The van der Waals surface area contributed by atoms with Crippen LogP contribution in [-0.2, 0) is 0 Å². The maximum absolute atomic E-state index is 13.3. The first-order chi connectivity index (χ1) is 14.0. The van der Waals surface area contributed by atoms with Crippen molar-refractivity contribution in [3.05, 3.63) is 81.4 Å². The fourth-order valence-electron chi connectivity index (χ4n) is 3.65. The summed E-state index contributed by atoms with van der Waals surface area (Å²) in [6.07, 6.45) is 5.43. The van der Waals surface area contributed by atoms with Gasteiger partial charge in [-0.2, -0.15) is 0 Å². The molecule has 0 spiro atoms. The Morgan fingerprint density at radius 3 is 2.72 bits per heavy atom. The molecule has 1 aliphatic rings. The summed E-state index contributed by atoms with van der Waals surface area (Å²) in [5.41, 5.74) is 2.37. The van der Waals surface area contributed by atoms with Gasteiger partial charge >= 0.3 is 0 Å². The Labute approximate surface area is 178 Å². The first-order valence-corrected chi connectivity index (χ1v) is 10.6. The van der Waals surface area contributed by atoms with Gasteiger partial charge in [0.15, 0.2) is 0 Å². The molecule has 4 rings (SSSR count). The standard InChI is InChI=1S/C22H20ClN3O2S/c1-14-13-19(25-21(27)16-5-2-3-6-17(16)23)29-20(14)22(28)26-12-4-7-18(26)15-8-10-24-11-9-15/h2-3,5-6,8-11,13,18H,4,7,12H2,1H3,(H,25,27)/t18-/m0/s1. The lowest BCUT2D eigenvalue weighted by Crippen LogP contribution is -2.30. The smallest absolute Gasteiger partial charge is 0.264 e. The average Bonchev–Trinajstić information content (AvgIpc) is 3.35. The number of amides is 2. The molecule has 0 saturated carbocycles. The lowest BCUT2D eigenvalue weighted by molar-refractivity contribution is 0.0739. The molecule has 1 aromatic carbocycles. The van der Waals surface area contributed by atoms with Crippen LogP contribution in [0, 0.1) is 6.92 Å². The fourth-order valence-corrected chi connectivity index (χ4v) is 4.90. The van der Waals surface area contributed by atoms with Crippen LogP contribution >= 0.6 is 22.9 Å². The number of likely N-dealkylation sites (tertiary alicyclic amines) is 1. The summed E-state index contributed by atoms with van der Waals surface area (Å²) in [4.78, 5) is 32.4. The van der Waals surface area contributed by atoms with E-state index >= 15 is 0 Å². The highest BCUT2D eigenvalue weighted by Crippen LogP contribution is 2.36. The van der Waals surface area contributed by atoms with E-state index in [1.54, 1.807) is 36.7 Å². The summed E-state index contributed by atoms with van der Waals surface area (Å²) in [5.74, 6) is -0.281. The van der Waals surface area contributed by atoms with Gasteiger partial charge in [-0.1, -0.05) is 23.7 Å². The van der Waals surface area contributed by atoms with Crippen LogP contribution in [-0.4, -0.2) is 28.2 Å². The van der Waals surface area contributed by atoms with Crippen molar-refractivity contribution in [3.8, 4) is 0 Å². The zero-order valence-corrected chi connectivity index (χ0v) is 17.5. The number of thiophene rings is 1. The average molecular weight is 426 g/mol. The zero-order chi connectivity index (χ0) is 20.4. The number of nitrogens with zero attached hydrogens (tertiary/aromatic N) is 2. The Hall–Kier alpha value is -2.70. The van der Waals surface area contributed by atoms with Crippen molar-refractivity contribution < 1.29 is 9.59 Å². The number of anilines is 1. The zero-order valence-electron chi connectivity index (χ0n) is 15.9. The van der Waals surface area contributed by atoms with E-state index in [0.29, 0.717) is 20.5 Å². The third-order valence-electron chi connectivity index (χ3n) is 5.07. The van der Waals surface area contributed by atoms with E-state index in [0.717, 1.165) is 30.5 Å². The van der Waals surface area contributed by atoms with E-state index in [1.807, 2.05) is 30.0 Å². The number of aryl methyl sites for hydroxylation is 1. The lowest BCUT2D eigenvalue weighted by atomic mass is 10.1. The number of hydrogen-bond acceptors (Lipinski definition) is 4. The predicted octanol–water partition coefficient (Wildman–Crippen LogP) is 5.33. The predicted molar refractivity (Wildman–Crippen MR) is 116 cm³/mol. The minimum atomic E-state index is -0.285. The maximum atomic E-state index is 13.3. The van der Waals surface area contributed by atoms with E-state index in [1.165, 1.54) is 11.3 Å². The summed E-state index contributed by atoms with van der Waals surface area (Å²) >= 11 is 7.41. The number of halogens is 1. The van der Waals surface area contributed by atoms with Gasteiger partial charge in [-0.25, -0.2) is 0 Å². The number of nitrogens with one attached hydrogen (secondary N) is 1. The van der Waals surface area contributed by atoms with Crippen LogP contribution in [0.25, 0.3) is 0 Å². The number of benzene rings is 1. The van der Waals surface area contributed by atoms with Crippen LogP contribution in [0.5, 0.6) is 0 Å². The van der Waals surface area contributed by atoms with Gasteiger partial charge in [-0.3, -0.25) is 14.6 Å². The van der Waals surface area contributed by atoms with Crippen molar-refractivity contribution in [3.63, 3.8) is 0 Å². The molecule has 2 aromatic heterocycles. The van der Waals surface area contributed by atoms with E-state index in [-0.39, 0.29) is 17.9 Å². The van der Waals surface area contributed by atoms with Crippen molar-refractivity contribution in [2.45, 2.75) is 25.8 Å². The molecule has 1 aliphatic heterocycles. The Balaban J connectivity index is 1.54. The van der Waals surface area contributed by atoms with Gasteiger partial charge in [0.2, 0.25) is 0 Å². The Kier molecular flexibility index (Phi) is 5.65. The summed E-state index contributed by atoms with van der Waals surface area (Å²) in [6.45, 7) is 2.62. The molecule has 0 unspecified atom stereocenters. The Morgan fingerprint density at radius 2 is 1.97 bits per heavy atom. The molecule has 0 bridgehead atoms. The molecule has 1 saturated heterocycles.